The lowest BCUT2D eigenvalue weighted by atomic mass is 10.1. The Balaban J connectivity index is 2.24. The number of anilines is 2. The Bertz CT molecular complexity index is 521. The molecule has 0 saturated carbocycles. The molecule has 3 N–H and O–H groups in total. The summed E-state index contributed by atoms with van der Waals surface area (Å²) in [6, 6.07) is 2.55. The van der Waals surface area contributed by atoms with Crippen LogP contribution in [-0.4, -0.2) is 38.9 Å². The zero-order chi connectivity index (χ0) is 15.4. The number of benzene rings is 1. The number of nitrogens with one attached hydrogen (secondary N) is 1. The van der Waals surface area contributed by atoms with E-state index in [0.717, 1.165) is 12.5 Å². The molecule has 1 atom stereocenters. The van der Waals surface area contributed by atoms with Crippen molar-refractivity contribution in [2.75, 3.05) is 31.3 Å². The summed E-state index contributed by atoms with van der Waals surface area (Å²) in [4.78, 5) is 11.6. The van der Waals surface area contributed by atoms with Crippen LogP contribution in [0.4, 0.5) is 20.2 Å². The Morgan fingerprint density at radius 1 is 1.57 bits per heavy atom. The minimum atomic E-state index is -3.04. The van der Waals surface area contributed by atoms with E-state index in [9.17, 15) is 13.6 Å². The van der Waals surface area contributed by atoms with Crippen molar-refractivity contribution < 1.29 is 27.8 Å². The van der Waals surface area contributed by atoms with E-state index in [1.54, 1.807) is 0 Å². The summed E-state index contributed by atoms with van der Waals surface area (Å²) in [6.07, 6.45) is 0.954. The summed E-state index contributed by atoms with van der Waals surface area (Å²) in [6.45, 7) is -1.88. The van der Waals surface area contributed by atoms with Gasteiger partial charge < -0.3 is 25.3 Å². The topological polar surface area (TPSA) is 82.8 Å². The van der Waals surface area contributed by atoms with E-state index >= 15 is 0 Å². The molecule has 8 heteroatoms. The van der Waals surface area contributed by atoms with Crippen molar-refractivity contribution in [1.82, 2.24) is 0 Å². The molecule has 1 fully saturated rings. The van der Waals surface area contributed by atoms with E-state index in [-0.39, 0.29) is 23.1 Å². The maximum Gasteiger partial charge on any atom is 0.387 e. The third-order valence-electron chi connectivity index (χ3n) is 3.09. The molecule has 21 heavy (non-hydrogen) atoms. The van der Waals surface area contributed by atoms with Crippen molar-refractivity contribution in [1.29, 1.82) is 0 Å². The Kier molecular flexibility index (Phi) is 4.79. The van der Waals surface area contributed by atoms with Gasteiger partial charge in [0.1, 0.15) is 0 Å². The lowest BCUT2D eigenvalue weighted by Gasteiger charge is -2.27. The number of ether oxygens (including phenoxy) is 3. The van der Waals surface area contributed by atoms with Crippen LogP contribution >= 0.6 is 0 Å². The van der Waals surface area contributed by atoms with Gasteiger partial charge in [-0.1, -0.05) is 0 Å². The summed E-state index contributed by atoms with van der Waals surface area (Å²) in [7, 11) is 1.20. The van der Waals surface area contributed by atoms with Crippen molar-refractivity contribution >= 4 is 17.3 Å². The Hall–Kier alpha value is -2.09. The predicted octanol–water partition coefficient (Wildman–Crippen LogP) is 1.86. The van der Waals surface area contributed by atoms with Gasteiger partial charge in [-0.3, -0.25) is 0 Å². The lowest BCUT2D eigenvalue weighted by Crippen LogP contribution is -2.33. The summed E-state index contributed by atoms with van der Waals surface area (Å²) in [5.41, 5.74) is 6.17. The first-order chi connectivity index (χ1) is 10.0. The van der Waals surface area contributed by atoms with Gasteiger partial charge in [-0.05, 0) is 18.6 Å². The number of nitrogens with two attached hydrogens (primary N) is 1. The molecule has 1 aromatic carbocycles. The molecule has 116 valence electrons. The fraction of sp³-hybridized carbons (Fsp3) is 0.462. The summed E-state index contributed by atoms with van der Waals surface area (Å²) in [5.74, 6) is -0.943. The molecule has 1 aliphatic rings. The van der Waals surface area contributed by atoms with Crippen LogP contribution in [0.5, 0.6) is 5.75 Å². The molecule has 0 bridgehead atoms. The van der Waals surface area contributed by atoms with Crippen LogP contribution in [0.1, 0.15) is 16.8 Å². The second-order valence-electron chi connectivity index (χ2n) is 4.47. The van der Waals surface area contributed by atoms with Gasteiger partial charge in [0.05, 0.1) is 30.2 Å². The van der Waals surface area contributed by atoms with Crippen molar-refractivity contribution in [2.24, 2.45) is 0 Å². The van der Waals surface area contributed by atoms with Gasteiger partial charge in [-0.25, -0.2) is 4.79 Å². The Morgan fingerprint density at radius 3 is 2.81 bits per heavy atom. The molecule has 0 radical (unpaired) electrons. The predicted molar refractivity (Wildman–Crippen MR) is 71.7 cm³/mol. The van der Waals surface area contributed by atoms with E-state index in [1.807, 2.05) is 0 Å². The molecule has 1 aromatic rings. The molecule has 0 unspecified atom stereocenters. The number of hydrogen-bond donors (Lipinski definition) is 2. The molecule has 1 saturated heterocycles. The first-order valence-electron chi connectivity index (χ1n) is 6.33. The first-order valence-corrected chi connectivity index (χ1v) is 6.33. The zero-order valence-corrected chi connectivity index (χ0v) is 11.4. The molecular formula is C13H16F2N2O4. The SMILES string of the molecule is COC(=O)c1cc(NC[C@@H]2CCO2)c(N)c(OC(F)F)c1. The third kappa shape index (κ3) is 3.72. The van der Waals surface area contributed by atoms with Crippen molar-refractivity contribution in [3.8, 4) is 5.75 Å². The average molecular weight is 302 g/mol. The second-order valence-corrected chi connectivity index (χ2v) is 4.47. The van der Waals surface area contributed by atoms with Crippen LogP contribution < -0.4 is 15.8 Å². The van der Waals surface area contributed by atoms with Gasteiger partial charge in [0.15, 0.2) is 5.75 Å². The molecular weight excluding hydrogens is 286 g/mol. The highest BCUT2D eigenvalue weighted by Gasteiger charge is 2.20. The van der Waals surface area contributed by atoms with E-state index < -0.39 is 12.6 Å². The number of carbonyl (C=O) groups is 1. The second kappa shape index (κ2) is 6.57. The maximum absolute atomic E-state index is 12.4. The molecule has 0 amide bonds. The highest BCUT2D eigenvalue weighted by molar-refractivity contribution is 5.93. The standard InChI is InChI=1S/C13H16F2N2O4/c1-19-12(18)7-4-9(17-6-8-2-3-20-8)11(16)10(5-7)21-13(14)15/h4-5,8,13,17H,2-3,6,16H2,1H3/t8-/m0/s1. The first kappa shape index (κ1) is 15.3. The normalized spacial score (nSPS) is 17.2. The Morgan fingerprint density at radius 2 is 2.29 bits per heavy atom. The third-order valence-corrected chi connectivity index (χ3v) is 3.09. The number of carbonyl (C=O) groups excluding carboxylic acids is 1. The largest absolute Gasteiger partial charge is 0.465 e. The number of alkyl halides is 2. The van der Waals surface area contributed by atoms with Crippen molar-refractivity contribution in [2.45, 2.75) is 19.1 Å². The van der Waals surface area contributed by atoms with E-state index in [2.05, 4.69) is 14.8 Å². The molecule has 1 heterocycles. The monoisotopic (exact) mass is 302 g/mol. The van der Waals surface area contributed by atoms with Crippen molar-refractivity contribution in [3.05, 3.63) is 17.7 Å². The van der Waals surface area contributed by atoms with Crippen LogP contribution in [0, 0.1) is 0 Å². The number of methoxy groups -OCH3 is 1. The maximum atomic E-state index is 12.4. The van der Waals surface area contributed by atoms with E-state index in [1.165, 1.54) is 13.2 Å². The smallest absolute Gasteiger partial charge is 0.387 e. The molecule has 6 nitrogen and oxygen atoms in total. The van der Waals surface area contributed by atoms with Gasteiger partial charge in [0.25, 0.3) is 0 Å². The van der Waals surface area contributed by atoms with E-state index in [0.29, 0.717) is 18.8 Å². The summed E-state index contributed by atoms with van der Waals surface area (Å²) < 4.78 is 38.9. The quantitative estimate of drug-likeness (QED) is 0.616. The molecule has 2 rings (SSSR count). The van der Waals surface area contributed by atoms with Gasteiger partial charge in [0, 0.05) is 13.2 Å². The molecule has 0 aromatic heterocycles. The minimum Gasteiger partial charge on any atom is -0.465 e. The van der Waals surface area contributed by atoms with Gasteiger partial charge in [-0.2, -0.15) is 8.78 Å². The van der Waals surface area contributed by atoms with Crippen LogP contribution in [0.2, 0.25) is 0 Å². The highest BCUT2D eigenvalue weighted by Crippen LogP contribution is 2.33. The molecule has 1 aliphatic heterocycles. The van der Waals surface area contributed by atoms with Crippen molar-refractivity contribution in [3.63, 3.8) is 0 Å². The Labute approximate surface area is 120 Å². The number of rotatable bonds is 6. The number of nitrogen functional groups attached to an aromatic ring is 1. The summed E-state index contributed by atoms with van der Waals surface area (Å²) >= 11 is 0. The van der Waals surface area contributed by atoms with E-state index in [4.69, 9.17) is 10.5 Å². The number of hydrogen-bond acceptors (Lipinski definition) is 6. The molecule has 0 spiro atoms. The van der Waals surface area contributed by atoms with Crippen LogP contribution in [0.15, 0.2) is 12.1 Å². The van der Waals surface area contributed by atoms with Crippen LogP contribution in [0.25, 0.3) is 0 Å². The summed E-state index contributed by atoms with van der Waals surface area (Å²) in [5, 5.41) is 2.97. The van der Waals surface area contributed by atoms with Crippen LogP contribution in [-0.2, 0) is 9.47 Å². The number of halogens is 2. The van der Waals surface area contributed by atoms with Gasteiger partial charge in [0.2, 0.25) is 0 Å². The lowest BCUT2D eigenvalue weighted by molar-refractivity contribution is -0.0494. The molecule has 0 aliphatic carbocycles. The zero-order valence-electron chi connectivity index (χ0n) is 11.4. The highest BCUT2D eigenvalue weighted by atomic mass is 19.3. The van der Waals surface area contributed by atoms with Gasteiger partial charge >= 0.3 is 12.6 Å². The fourth-order valence-electron chi connectivity index (χ4n) is 1.87. The average Bonchev–Trinajstić information content (AvgIpc) is 2.39. The van der Waals surface area contributed by atoms with Gasteiger partial charge in [-0.15, -0.1) is 0 Å². The minimum absolute atomic E-state index is 0.00211. The fourth-order valence-corrected chi connectivity index (χ4v) is 1.87. The van der Waals surface area contributed by atoms with Crippen LogP contribution in [0.3, 0.4) is 0 Å². The number of esters is 1.